The Morgan fingerprint density at radius 2 is 2.29 bits per heavy atom. The Labute approximate surface area is 127 Å². The molecule has 4 heteroatoms. The van der Waals surface area contributed by atoms with E-state index in [4.69, 9.17) is 10.5 Å². The molecule has 0 aliphatic heterocycles. The van der Waals surface area contributed by atoms with Crippen molar-refractivity contribution in [2.24, 2.45) is 17.6 Å². The Morgan fingerprint density at radius 3 is 3.00 bits per heavy atom. The minimum absolute atomic E-state index is 0.00274. The molecule has 0 saturated heterocycles. The summed E-state index contributed by atoms with van der Waals surface area (Å²) in [4.78, 5) is 12.3. The molecule has 1 aliphatic rings. The van der Waals surface area contributed by atoms with Gasteiger partial charge in [-0.25, -0.2) is 0 Å². The first-order valence-electron chi connectivity index (χ1n) is 7.80. The summed E-state index contributed by atoms with van der Waals surface area (Å²) in [5, 5.41) is 3.05. The summed E-state index contributed by atoms with van der Waals surface area (Å²) in [6.45, 7) is 5.09. The SMILES string of the molecule is Cc1cccc(OCC(C)NC(=O)[C@@H]2CCC[C@@H]2CN)c1. The standard InChI is InChI=1S/C17H26N2O2/c1-12-5-3-7-15(9-12)21-11-13(2)19-17(20)16-8-4-6-14(16)10-18/h3,5,7,9,13-14,16H,4,6,8,10-11,18H2,1-2H3,(H,19,20)/t13?,14-,16-/m1/s1. The maximum absolute atomic E-state index is 12.3. The van der Waals surface area contributed by atoms with E-state index in [0.717, 1.165) is 25.0 Å². The van der Waals surface area contributed by atoms with Gasteiger partial charge in [0.25, 0.3) is 0 Å². The Morgan fingerprint density at radius 1 is 1.48 bits per heavy atom. The molecule has 0 spiro atoms. The van der Waals surface area contributed by atoms with Crippen molar-refractivity contribution >= 4 is 5.91 Å². The van der Waals surface area contributed by atoms with E-state index in [1.54, 1.807) is 0 Å². The second kappa shape index (κ2) is 7.46. The van der Waals surface area contributed by atoms with E-state index in [1.165, 1.54) is 5.56 Å². The molecule has 1 aromatic carbocycles. The third-order valence-electron chi connectivity index (χ3n) is 4.18. The van der Waals surface area contributed by atoms with E-state index in [9.17, 15) is 4.79 Å². The number of hydrogen-bond donors (Lipinski definition) is 2. The van der Waals surface area contributed by atoms with Gasteiger partial charge in [-0.2, -0.15) is 0 Å². The molecule has 21 heavy (non-hydrogen) atoms. The molecule has 0 aromatic heterocycles. The van der Waals surface area contributed by atoms with Crippen molar-refractivity contribution in [3.63, 3.8) is 0 Å². The summed E-state index contributed by atoms with van der Waals surface area (Å²) < 4.78 is 5.73. The van der Waals surface area contributed by atoms with Gasteiger partial charge in [0.05, 0.1) is 6.04 Å². The van der Waals surface area contributed by atoms with Crippen LogP contribution in [0.1, 0.15) is 31.7 Å². The number of hydrogen-bond acceptors (Lipinski definition) is 3. The predicted molar refractivity (Wildman–Crippen MR) is 84.2 cm³/mol. The number of benzene rings is 1. The van der Waals surface area contributed by atoms with Crippen LogP contribution in [0.5, 0.6) is 5.75 Å². The van der Waals surface area contributed by atoms with E-state index in [0.29, 0.717) is 19.1 Å². The van der Waals surface area contributed by atoms with Gasteiger partial charge < -0.3 is 15.8 Å². The van der Waals surface area contributed by atoms with Crippen molar-refractivity contribution in [1.82, 2.24) is 5.32 Å². The van der Waals surface area contributed by atoms with Gasteiger partial charge in [0.2, 0.25) is 5.91 Å². The fraction of sp³-hybridized carbons (Fsp3) is 0.588. The zero-order chi connectivity index (χ0) is 15.2. The van der Waals surface area contributed by atoms with E-state index >= 15 is 0 Å². The predicted octanol–water partition coefficient (Wildman–Crippen LogP) is 2.25. The summed E-state index contributed by atoms with van der Waals surface area (Å²) in [6.07, 6.45) is 3.13. The van der Waals surface area contributed by atoms with Crippen LogP contribution in [0.3, 0.4) is 0 Å². The Bertz CT molecular complexity index is 476. The lowest BCUT2D eigenvalue weighted by atomic mass is 9.95. The Balaban J connectivity index is 1.79. The highest BCUT2D eigenvalue weighted by Gasteiger charge is 2.32. The fourth-order valence-corrected chi connectivity index (χ4v) is 2.98. The number of carbonyl (C=O) groups is 1. The molecular formula is C17H26N2O2. The summed E-state index contributed by atoms with van der Waals surface area (Å²) >= 11 is 0. The first-order valence-corrected chi connectivity index (χ1v) is 7.80. The normalized spacial score (nSPS) is 22.8. The average Bonchev–Trinajstić information content (AvgIpc) is 2.94. The smallest absolute Gasteiger partial charge is 0.223 e. The molecule has 0 heterocycles. The Hall–Kier alpha value is -1.55. The van der Waals surface area contributed by atoms with Gasteiger partial charge in [0.15, 0.2) is 0 Å². The first kappa shape index (κ1) is 15.8. The van der Waals surface area contributed by atoms with Crippen LogP contribution in [-0.4, -0.2) is 25.1 Å². The van der Waals surface area contributed by atoms with Gasteiger partial charge in [-0.3, -0.25) is 4.79 Å². The van der Waals surface area contributed by atoms with Crippen molar-refractivity contribution in [2.45, 2.75) is 39.2 Å². The minimum atomic E-state index is -0.00274. The molecule has 2 rings (SSSR count). The molecule has 1 unspecified atom stereocenters. The number of ether oxygens (including phenoxy) is 1. The van der Waals surface area contributed by atoms with Crippen LogP contribution in [0.15, 0.2) is 24.3 Å². The van der Waals surface area contributed by atoms with Gasteiger partial charge in [-0.05, 0) is 56.8 Å². The second-order valence-corrected chi connectivity index (χ2v) is 6.07. The number of nitrogens with one attached hydrogen (secondary N) is 1. The van der Waals surface area contributed by atoms with E-state index in [1.807, 2.05) is 38.1 Å². The zero-order valence-corrected chi connectivity index (χ0v) is 13.0. The number of nitrogens with two attached hydrogens (primary N) is 1. The highest BCUT2D eigenvalue weighted by atomic mass is 16.5. The van der Waals surface area contributed by atoms with Crippen molar-refractivity contribution < 1.29 is 9.53 Å². The highest BCUT2D eigenvalue weighted by molar-refractivity contribution is 5.79. The second-order valence-electron chi connectivity index (χ2n) is 6.07. The van der Waals surface area contributed by atoms with Crippen LogP contribution in [-0.2, 0) is 4.79 Å². The van der Waals surface area contributed by atoms with Gasteiger partial charge in [0, 0.05) is 5.92 Å². The molecule has 4 nitrogen and oxygen atoms in total. The summed E-state index contributed by atoms with van der Waals surface area (Å²) in [5.74, 6) is 1.39. The lowest BCUT2D eigenvalue weighted by Crippen LogP contribution is -2.42. The summed E-state index contributed by atoms with van der Waals surface area (Å²) in [7, 11) is 0. The van der Waals surface area contributed by atoms with Gasteiger partial charge in [-0.15, -0.1) is 0 Å². The third kappa shape index (κ3) is 4.46. The number of carbonyl (C=O) groups excluding carboxylic acids is 1. The van der Waals surface area contributed by atoms with E-state index in [2.05, 4.69) is 5.32 Å². The van der Waals surface area contributed by atoms with Crippen LogP contribution >= 0.6 is 0 Å². The van der Waals surface area contributed by atoms with Crippen LogP contribution < -0.4 is 15.8 Å². The van der Waals surface area contributed by atoms with Gasteiger partial charge >= 0.3 is 0 Å². The number of aryl methyl sites for hydroxylation is 1. The van der Waals surface area contributed by atoms with Gasteiger partial charge in [-0.1, -0.05) is 18.6 Å². The molecule has 0 bridgehead atoms. The molecule has 3 atom stereocenters. The lowest BCUT2D eigenvalue weighted by Gasteiger charge is -2.21. The lowest BCUT2D eigenvalue weighted by molar-refractivity contribution is -0.126. The molecule has 116 valence electrons. The molecule has 0 radical (unpaired) electrons. The third-order valence-corrected chi connectivity index (χ3v) is 4.18. The molecule has 3 N–H and O–H groups in total. The van der Waals surface area contributed by atoms with Gasteiger partial charge in [0.1, 0.15) is 12.4 Å². The fourth-order valence-electron chi connectivity index (χ4n) is 2.98. The Kier molecular flexibility index (Phi) is 5.62. The van der Waals surface area contributed by atoms with E-state index in [-0.39, 0.29) is 17.9 Å². The quantitative estimate of drug-likeness (QED) is 0.844. The maximum atomic E-state index is 12.3. The van der Waals surface area contributed by atoms with Crippen LogP contribution in [0.4, 0.5) is 0 Å². The van der Waals surface area contributed by atoms with Crippen molar-refractivity contribution in [3.05, 3.63) is 29.8 Å². The average molecular weight is 290 g/mol. The summed E-state index contributed by atoms with van der Waals surface area (Å²) in [5.41, 5.74) is 6.90. The monoisotopic (exact) mass is 290 g/mol. The topological polar surface area (TPSA) is 64.3 Å². The molecule has 1 aliphatic carbocycles. The molecule has 1 amide bonds. The van der Waals surface area contributed by atoms with Crippen molar-refractivity contribution in [1.29, 1.82) is 0 Å². The molecular weight excluding hydrogens is 264 g/mol. The molecule has 1 saturated carbocycles. The van der Waals surface area contributed by atoms with Crippen LogP contribution in [0.2, 0.25) is 0 Å². The molecule has 1 aromatic rings. The number of amides is 1. The van der Waals surface area contributed by atoms with Crippen molar-refractivity contribution in [2.75, 3.05) is 13.2 Å². The number of rotatable bonds is 6. The minimum Gasteiger partial charge on any atom is -0.491 e. The van der Waals surface area contributed by atoms with Crippen LogP contribution in [0.25, 0.3) is 0 Å². The zero-order valence-electron chi connectivity index (χ0n) is 13.0. The first-order chi connectivity index (χ1) is 10.1. The van der Waals surface area contributed by atoms with Crippen LogP contribution in [0, 0.1) is 18.8 Å². The largest absolute Gasteiger partial charge is 0.491 e. The van der Waals surface area contributed by atoms with Crippen molar-refractivity contribution in [3.8, 4) is 5.75 Å². The molecule has 1 fully saturated rings. The van der Waals surface area contributed by atoms with E-state index < -0.39 is 0 Å². The summed E-state index contributed by atoms with van der Waals surface area (Å²) in [6, 6.07) is 7.93. The highest BCUT2D eigenvalue weighted by Crippen LogP contribution is 2.31. The maximum Gasteiger partial charge on any atom is 0.223 e.